The molecule has 0 aliphatic carbocycles. The van der Waals surface area contributed by atoms with Gasteiger partial charge < -0.3 is 20.2 Å². The highest BCUT2D eigenvalue weighted by Crippen LogP contribution is 2.37. The van der Waals surface area contributed by atoms with E-state index in [0.29, 0.717) is 55.2 Å². The Morgan fingerprint density at radius 2 is 2.08 bits per heavy atom. The van der Waals surface area contributed by atoms with Gasteiger partial charge in [0, 0.05) is 49.6 Å². The van der Waals surface area contributed by atoms with Crippen molar-refractivity contribution >= 4 is 23.4 Å². The molecule has 0 saturated carbocycles. The van der Waals surface area contributed by atoms with Crippen LogP contribution in [0.3, 0.4) is 0 Å². The summed E-state index contributed by atoms with van der Waals surface area (Å²) >= 11 is 0. The Hall–Kier alpha value is -3.37. The van der Waals surface area contributed by atoms with Gasteiger partial charge in [-0.25, -0.2) is 18.3 Å². The molecule has 2 aliphatic rings. The zero-order chi connectivity index (χ0) is 25.4. The van der Waals surface area contributed by atoms with Crippen LogP contribution < -0.4 is 10.2 Å². The number of rotatable bonds is 5. The van der Waals surface area contributed by atoms with Crippen molar-refractivity contribution in [3.8, 4) is 0 Å². The average Bonchev–Trinajstić information content (AvgIpc) is 3.50. The molecule has 2 unspecified atom stereocenters. The van der Waals surface area contributed by atoms with Crippen molar-refractivity contribution < 1.29 is 18.7 Å². The largest absolute Gasteiger partial charge is 0.389 e. The second-order valence-corrected chi connectivity index (χ2v) is 9.95. The van der Waals surface area contributed by atoms with E-state index in [1.807, 2.05) is 11.0 Å². The fraction of sp³-hybridized carbons (Fsp3) is 0.423. The van der Waals surface area contributed by atoms with Crippen LogP contribution in [0.25, 0.3) is 11.7 Å². The van der Waals surface area contributed by atoms with Crippen molar-refractivity contribution in [1.29, 1.82) is 0 Å². The summed E-state index contributed by atoms with van der Waals surface area (Å²) in [6, 6.07) is 4.84. The van der Waals surface area contributed by atoms with Gasteiger partial charge >= 0.3 is 0 Å². The number of halogens is 2. The van der Waals surface area contributed by atoms with Crippen LogP contribution in [0.15, 0.2) is 42.7 Å². The zero-order valence-electron chi connectivity index (χ0n) is 20.4. The normalized spacial score (nSPS) is 21.1. The molecule has 2 N–H and O–H groups in total. The molecule has 36 heavy (non-hydrogen) atoms. The van der Waals surface area contributed by atoms with Gasteiger partial charge in [0.1, 0.15) is 17.5 Å². The molecular formula is C26H30F2N6O2. The topological polar surface area (TPSA) is 86.0 Å². The Bertz CT molecular complexity index is 1300. The highest BCUT2D eigenvalue weighted by atomic mass is 19.1. The first-order chi connectivity index (χ1) is 17.2. The molecule has 190 valence electrons. The first-order valence-electron chi connectivity index (χ1n) is 12.2. The minimum absolute atomic E-state index is 0.151. The van der Waals surface area contributed by atoms with Gasteiger partial charge in [-0.1, -0.05) is 0 Å². The number of piperazine rings is 1. The number of aliphatic hydroxyl groups is 1. The summed E-state index contributed by atoms with van der Waals surface area (Å²) in [6.45, 7) is 5.71. The molecule has 1 amide bonds. The van der Waals surface area contributed by atoms with Crippen LogP contribution in [-0.2, 0) is 4.79 Å². The number of amides is 1. The molecule has 1 aromatic carbocycles. The number of carbonyl (C=O) groups is 1. The molecule has 0 bridgehead atoms. The van der Waals surface area contributed by atoms with Gasteiger partial charge in [0.05, 0.1) is 23.9 Å². The first-order valence-corrected chi connectivity index (χ1v) is 12.2. The molecule has 2 fully saturated rings. The maximum Gasteiger partial charge on any atom is 0.246 e. The summed E-state index contributed by atoms with van der Waals surface area (Å²) in [5.41, 5.74) is 0.630. The quantitative estimate of drug-likeness (QED) is 0.529. The number of nitrogens with one attached hydrogen (secondary N) is 1. The van der Waals surface area contributed by atoms with E-state index < -0.39 is 17.2 Å². The summed E-state index contributed by atoms with van der Waals surface area (Å²) in [4.78, 5) is 21.3. The summed E-state index contributed by atoms with van der Waals surface area (Å²) in [5.74, 6) is -0.402. The van der Waals surface area contributed by atoms with Gasteiger partial charge in [0.2, 0.25) is 5.91 Å². The maximum atomic E-state index is 14.5. The molecule has 5 rings (SSSR count). The van der Waals surface area contributed by atoms with Crippen LogP contribution in [0.2, 0.25) is 0 Å². The third kappa shape index (κ3) is 4.83. The Morgan fingerprint density at radius 3 is 2.89 bits per heavy atom. The Labute approximate surface area is 208 Å². The lowest BCUT2D eigenvalue weighted by molar-refractivity contribution is -0.128. The van der Waals surface area contributed by atoms with E-state index in [0.717, 1.165) is 18.6 Å². The fourth-order valence-corrected chi connectivity index (χ4v) is 4.98. The van der Waals surface area contributed by atoms with Crippen LogP contribution >= 0.6 is 0 Å². The molecular weight excluding hydrogens is 466 g/mol. The van der Waals surface area contributed by atoms with E-state index >= 15 is 0 Å². The number of carbonyl (C=O) groups excluding carboxylic acids is 1. The number of hydrogen-bond acceptors (Lipinski definition) is 6. The van der Waals surface area contributed by atoms with Crippen molar-refractivity contribution in [3.63, 3.8) is 0 Å². The second-order valence-electron chi connectivity index (χ2n) is 9.95. The van der Waals surface area contributed by atoms with Gasteiger partial charge in [-0.3, -0.25) is 4.79 Å². The lowest BCUT2D eigenvalue weighted by Crippen LogP contribution is -2.60. The molecule has 2 atom stereocenters. The van der Waals surface area contributed by atoms with Crippen molar-refractivity contribution in [2.75, 3.05) is 31.1 Å². The minimum Gasteiger partial charge on any atom is -0.389 e. The van der Waals surface area contributed by atoms with Crippen molar-refractivity contribution in [2.45, 2.75) is 44.4 Å². The van der Waals surface area contributed by atoms with Crippen molar-refractivity contribution in [1.82, 2.24) is 24.8 Å². The molecule has 0 spiro atoms. The van der Waals surface area contributed by atoms with Crippen LogP contribution in [0.1, 0.15) is 43.9 Å². The lowest BCUT2D eigenvalue weighted by atomic mass is 9.97. The van der Waals surface area contributed by atoms with Gasteiger partial charge in [-0.05, 0) is 57.0 Å². The zero-order valence-corrected chi connectivity index (χ0v) is 20.4. The third-order valence-corrected chi connectivity index (χ3v) is 6.99. The molecule has 0 radical (unpaired) electrons. The second kappa shape index (κ2) is 9.59. The van der Waals surface area contributed by atoms with E-state index in [4.69, 9.17) is 4.98 Å². The predicted molar refractivity (Wildman–Crippen MR) is 132 cm³/mol. The lowest BCUT2D eigenvalue weighted by Gasteiger charge is -2.39. The number of fused-ring (bicyclic) bond motifs is 1. The number of hydrogen-bond donors (Lipinski definition) is 2. The van der Waals surface area contributed by atoms with Crippen LogP contribution in [-0.4, -0.2) is 68.3 Å². The number of aromatic nitrogens is 3. The van der Waals surface area contributed by atoms with E-state index in [1.165, 1.54) is 12.1 Å². The number of anilines is 1. The van der Waals surface area contributed by atoms with E-state index in [9.17, 15) is 18.7 Å². The van der Waals surface area contributed by atoms with Crippen molar-refractivity contribution in [2.24, 2.45) is 0 Å². The standard InChI is InChI=1S/C26H30F2N6O2/c1-26(2,36)22-16-32(13-10-29-22)24(35)8-5-17-15-30-34-12-9-23(31-25(17)34)33-11-3-4-21(33)19-14-18(27)6-7-20(19)28/h5-9,12,14-15,21-22,29,36H,3-4,10-11,13,16H2,1-2H3. The van der Waals surface area contributed by atoms with E-state index in [-0.39, 0.29) is 18.0 Å². The summed E-state index contributed by atoms with van der Waals surface area (Å²) in [6.07, 6.45) is 8.14. The van der Waals surface area contributed by atoms with Crippen LogP contribution in [0.4, 0.5) is 14.6 Å². The molecule has 4 heterocycles. The molecule has 10 heteroatoms. The summed E-state index contributed by atoms with van der Waals surface area (Å²) in [5, 5.41) is 17.9. The van der Waals surface area contributed by atoms with Gasteiger partial charge in [-0.15, -0.1) is 0 Å². The molecule has 3 aromatic rings. The molecule has 2 saturated heterocycles. The van der Waals surface area contributed by atoms with Crippen LogP contribution in [0.5, 0.6) is 0 Å². The Balaban J connectivity index is 1.37. The SMILES string of the molecule is CC(C)(O)C1CN(C(=O)C=Cc2cnn3ccc(N4CCCC4c4cc(F)ccc4F)nc23)CCN1. The molecule has 2 aromatic heterocycles. The number of benzene rings is 1. The predicted octanol–water partition coefficient (Wildman–Crippen LogP) is 2.93. The highest BCUT2D eigenvalue weighted by Gasteiger charge is 2.32. The van der Waals surface area contributed by atoms with Gasteiger partial charge in [-0.2, -0.15) is 5.10 Å². The summed E-state index contributed by atoms with van der Waals surface area (Å²) < 4.78 is 30.0. The molecule has 8 nitrogen and oxygen atoms in total. The monoisotopic (exact) mass is 496 g/mol. The third-order valence-electron chi connectivity index (χ3n) is 6.99. The van der Waals surface area contributed by atoms with Crippen LogP contribution in [0, 0.1) is 11.6 Å². The number of nitrogens with zero attached hydrogens (tertiary/aromatic N) is 5. The first kappa shape index (κ1) is 24.3. The minimum atomic E-state index is -0.937. The maximum absolute atomic E-state index is 14.5. The summed E-state index contributed by atoms with van der Waals surface area (Å²) in [7, 11) is 0. The highest BCUT2D eigenvalue weighted by molar-refractivity contribution is 5.92. The Kier molecular flexibility index (Phi) is 6.48. The van der Waals surface area contributed by atoms with Crippen molar-refractivity contribution in [3.05, 3.63) is 65.5 Å². The Morgan fingerprint density at radius 1 is 1.25 bits per heavy atom. The smallest absolute Gasteiger partial charge is 0.246 e. The fourth-order valence-electron chi connectivity index (χ4n) is 4.98. The van der Waals surface area contributed by atoms with E-state index in [2.05, 4.69) is 10.4 Å². The van der Waals surface area contributed by atoms with E-state index in [1.54, 1.807) is 41.7 Å². The van der Waals surface area contributed by atoms with Gasteiger partial charge in [0.15, 0.2) is 5.65 Å². The molecule has 2 aliphatic heterocycles. The average molecular weight is 497 g/mol. The van der Waals surface area contributed by atoms with Gasteiger partial charge in [0.25, 0.3) is 0 Å².